The van der Waals surface area contributed by atoms with E-state index < -0.39 is 42.3 Å². The quantitative estimate of drug-likeness (QED) is 0.120. The summed E-state index contributed by atoms with van der Waals surface area (Å²) < 4.78 is 16.3. The van der Waals surface area contributed by atoms with Crippen LogP contribution in [0, 0.1) is 5.92 Å². The highest BCUT2D eigenvalue weighted by atomic mass is 32.1. The number of aliphatic hydroxyl groups excluding tert-OH is 1. The molecule has 4 N–H and O–H groups in total. The van der Waals surface area contributed by atoms with E-state index in [9.17, 15) is 19.5 Å². The van der Waals surface area contributed by atoms with Crippen LogP contribution in [0.5, 0.6) is 0 Å². The molecule has 3 heterocycles. The van der Waals surface area contributed by atoms with Crippen molar-refractivity contribution >= 4 is 34.6 Å². The number of nitrogens with zero attached hydrogens (tertiary/aromatic N) is 3. The molecule has 1 aliphatic rings. The van der Waals surface area contributed by atoms with Gasteiger partial charge < -0.3 is 40.2 Å². The number of hydrogen-bond acceptors (Lipinski definition) is 11. The Labute approximate surface area is 314 Å². The van der Waals surface area contributed by atoms with Crippen molar-refractivity contribution in [3.63, 3.8) is 0 Å². The molecule has 3 amide bonds. The van der Waals surface area contributed by atoms with Crippen molar-refractivity contribution in [1.82, 2.24) is 25.9 Å². The lowest BCUT2D eigenvalue weighted by molar-refractivity contribution is -0.125. The van der Waals surface area contributed by atoms with Crippen molar-refractivity contribution in [3.8, 4) is 0 Å². The van der Waals surface area contributed by atoms with Crippen molar-refractivity contribution in [2.75, 3.05) is 31.2 Å². The Hall–Kier alpha value is -5.05. The largest absolute Gasteiger partial charge is 0.445 e. The van der Waals surface area contributed by atoms with Gasteiger partial charge in [-0.1, -0.05) is 80.6 Å². The summed E-state index contributed by atoms with van der Waals surface area (Å²) in [7, 11) is 0. The number of benzene rings is 2. The number of nitrogens with one attached hydrogen (secondary N) is 3. The summed E-state index contributed by atoms with van der Waals surface area (Å²) in [6.45, 7) is 6.42. The number of pyridine rings is 1. The van der Waals surface area contributed by atoms with Crippen LogP contribution in [-0.2, 0) is 45.1 Å². The van der Waals surface area contributed by atoms with Crippen molar-refractivity contribution < 1.29 is 33.7 Å². The van der Waals surface area contributed by atoms with E-state index >= 15 is 0 Å². The fourth-order valence-corrected chi connectivity index (χ4v) is 6.78. The highest BCUT2D eigenvalue weighted by Crippen LogP contribution is 2.22. The maximum absolute atomic E-state index is 13.8. The molecule has 13 nitrogen and oxygen atoms in total. The minimum absolute atomic E-state index is 0.0399. The van der Waals surface area contributed by atoms with Crippen LogP contribution >= 0.6 is 11.3 Å². The number of amides is 3. The monoisotopic (exact) mass is 744 g/mol. The Balaban J connectivity index is 1.23. The first-order chi connectivity index (χ1) is 25.7. The SMILES string of the molecule is CC(C)C(NC(=O)OCc1csc(N2CCOCC2)n1)C(=O)N[C@@H](Cc1ccccc1)[C@@H](O)C[C@H](Cc1ccccc1)NC(=O)OCc1cccnc1. The molecule has 0 bridgehead atoms. The van der Waals surface area contributed by atoms with Crippen LogP contribution in [0.4, 0.5) is 14.7 Å². The van der Waals surface area contributed by atoms with Gasteiger partial charge in [-0.3, -0.25) is 9.78 Å². The second-order valence-electron chi connectivity index (χ2n) is 13.2. The molecule has 1 fully saturated rings. The molecule has 282 valence electrons. The van der Waals surface area contributed by atoms with Gasteiger partial charge in [0.2, 0.25) is 5.91 Å². The van der Waals surface area contributed by atoms with Gasteiger partial charge >= 0.3 is 12.2 Å². The van der Waals surface area contributed by atoms with Crippen molar-refractivity contribution in [2.24, 2.45) is 5.92 Å². The highest BCUT2D eigenvalue weighted by molar-refractivity contribution is 7.13. The average Bonchev–Trinajstić information content (AvgIpc) is 3.66. The number of carbonyl (C=O) groups excluding carboxylic acids is 3. The third kappa shape index (κ3) is 12.8. The van der Waals surface area contributed by atoms with Gasteiger partial charge in [-0.25, -0.2) is 14.6 Å². The summed E-state index contributed by atoms with van der Waals surface area (Å²) >= 11 is 1.48. The third-order valence-electron chi connectivity index (χ3n) is 8.75. The van der Waals surface area contributed by atoms with E-state index in [0.717, 1.165) is 34.9 Å². The van der Waals surface area contributed by atoms with Gasteiger partial charge in [0.1, 0.15) is 19.3 Å². The molecule has 2 aromatic heterocycles. The third-order valence-corrected chi connectivity index (χ3v) is 9.70. The summed E-state index contributed by atoms with van der Waals surface area (Å²) in [4.78, 5) is 50.5. The molecular weight excluding hydrogens is 697 g/mol. The van der Waals surface area contributed by atoms with Crippen LogP contribution in [0.15, 0.2) is 90.6 Å². The van der Waals surface area contributed by atoms with Gasteiger partial charge in [0.15, 0.2) is 5.13 Å². The lowest BCUT2D eigenvalue weighted by Crippen LogP contribution is -2.56. The van der Waals surface area contributed by atoms with E-state index in [1.807, 2.05) is 86.0 Å². The van der Waals surface area contributed by atoms with Crippen LogP contribution in [0.2, 0.25) is 0 Å². The Morgan fingerprint density at radius 1 is 0.849 bits per heavy atom. The minimum Gasteiger partial charge on any atom is -0.445 e. The molecular formula is C39H48N6O7S. The van der Waals surface area contributed by atoms with E-state index in [1.165, 1.54) is 11.3 Å². The zero-order valence-electron chi connectivity index (χ0n) is 30.1. The lowest BCUT2D eigenvalue weighted by Gasteiger charge is -2.30. The second kappa shape index (κ2) is 20.3. The molecule has 0 radical (unpaired) electrons. The molecule has 53 heavy (non-hydrogen) atoms. The number of thiazole rings is 1. The summed E-state index contributed by atoms with van der Waals surface area (Å²) in [5.41, 5.74) is 3.21. The topological polar surface area (TPSA) is 164 Å². The Kier molecular flexibility index (Phi) is 15.0. The second-order valence-corrected chi connectivity index (χ2v) is 14.1. The van der Waals surface area contributed by atoms with Gasteiger partial charge in [-0.15, -0.1) is 11.3 Å². The van der Waals surface area contributed by atoms with E-state index in [4.69, 9.17) is 14.2 Å². The number of rotatable bonds is 17. The molecule has 1 aliphatic heterocycles. The first kappa shape index (κ1) is 39.2. The number of morpholine rings is 1. The van der Waals surface area contributed by atoms with Crippen molar-refractivity contribution in [1.29, 1.82) is 0 Å². The molecule has 4 aromatic rings. The summed E-state index contributed by atoms with van der Waals surface area (Å²) in [6, 6.07) is 20.4. The first-order valence-electron chi connectivity index (χ1n) is 17.8. The normalized spacial score (nSPS) is 15.1. The molecule has 0 aliphatic carbocycles. The van der Waals surface area contributed by atoms with E-state index in [0.29, 0.717) is 31.7 Å². The van der Waals surface area contributed by atoms with Crippen molar-refractivity contribution in [2.45, 2.75) is 70.6 Å². The molecule has 0 spiro atoms. The molecule has 4 atom stereocenters. The fraction of sp³-hybridized carbons (Fsp3) is 0.410. The van der Waals surface area contributed by atoms with Crippen LogP contribution < -0.4 is 20.9 Å². The number of aliphatic hydroxyl groups is 1. The van der Waals surface area contributed by atoms with Gasteiger partial charge in [0, 0.05) is 42.5 Å². The fourth-order valence-electron chi connectivity index (χ4n) is 5.92. The van der Waals surface area contributed by atoms with Crippen LogP contribution in [-0.4, -0.2) is 83.7 Å². The van der Waals surface area contributed by atoms with Gasteiger partial charge in [-0.2, -0.15) is 0 Å². The molecule has 1 unspecified atom stereocenters. The predicted molar refractivity (Wildman–Crippen MR) is 201 cm³/mol. The first-order valence-corrected chi connectivity index (χ1v) is 18.7. The Bertz CT molecular complexity index is 1710. The van der Waals surface area contributed by atoms with Crippen LogP contribution in [0.3, 0.4) is 0 Å². The van der Waals surface area contributed by atoms with Crippen LogP contribution in [0.25, 0.3) is 0 Å². The average molecular weight is 745 g/mol. The summed E-state index contributed by atoms with van der Waals surface area (Å²) in [6.07, 6.45) is 1.62. The molecule has 2 aromatic carbocycles. The highest BCUT2D eigenvalue weighted by Gasteiger charge is 2.31. The number of anilines is 1. The summed E-state index contributed by atoms with van der Waals surface area (Å²) in [5.74, 6) is -0.769. The number of alkyl carbamates (subject to hydrolysis) is 2. The van der Waals surface area contributed by atoms with Gasteiger partial charge in [0.05, 0.1) is 31.1 Å². The Morgan fingerprint density at radius 2 is 1.49 bits per heavy atom. The van der Waals surface area contributed by atoms with E-state index in [2.05, 4.69) is 30.8 Å². The Morgan fingerprint density at radius 3 is 2.15 bits per heavy atom. The molecule has 5 rings (SSSR count). The number of carbonyl (C=O) groups is 3. The van der Waals surface area contributed by atoms with E-state index in [1.54, 1.807) is 18.5 Å². The minimum atomic E-state index is -1.09. The maximum Gasteiger partial charge on any atom is 0.408 e. The van der Waals surface area contributed by atoms with Crippen molar-refractivity contribution in [3.05, 3.63) is 113 Å². The molecule has 0 saturated carbocycles. The lowest BCUT2D eigenvalue weighted by atomic mass is 9.93. The maximum atomic E-state index is 13.8. The van der Waals surface area contributed by atoms with Gasteiger partial charge in [-0.05, 0) is 42.4 Å². The standard InChI is InChI=1S/C39H48N6O7S/c1-27(2)35(44-39(49)52-25-32-26-53-37(41-32)45-16-18-50-19-17-45)36(47)43-33(21-29-12-7-4-8-13-29)34(46)22-31(20-28-10-5-3-6-11-28)42-38(48)51-24-30-14-9-15-40-23-30/h3-15,23,26-27,31,33-35,46H,16-22,24-25H2,1-2H3,(H,42,48)(H,43,47)(H,44,49)/t31-,33-,34-,35?/m0/s1. The number of ether oxygens (including phenoxy) is 3. The van der Waals surface area contributed by atoms with Gasteiger partial charge in [0.25, 0.3) is 0 Å². The zero-order valence-corrected chi connectivity index (χ0v) is 30.9. The smallest absolute Gasteiger partial charge is 0.408 e. The summed E-state index contributed by atoms with van der Waals surface area (Å²) in [5, 5.41) is 23.1. The van der Waals surface area contributed by atoms with E-state index in [-0.39, 0.29) is 25.6 Å². The number of aromatic nitrogens is 2. The molecule has 1 saturated heterocycles. The predicted octanol–water partition coefficient (Wildman–Crippen LogP) is 4.64. The molecule has 14 heteroatoms. The van der Waals surface area contributed by atoms with Crippen LogP contribution in [0.1, 0.15) is 42.7 Å². The zero-order chi connectivity index (χ0) is 37.4. The number of hydrogen-bond donors (Lipinski definition) is 4.